The number of rotatable bonds is 5. The van der Waals surface area contributed by atoms with Crippen molar-refractivity contribution < 1.29 is 14.8 Å². The third-order valence-electron chi connectivity index (χ3n) is 3.66. The van der Waals surface area contributed by atoms with Gasteiger partial charge in [-0.25, -0.2) is 0 Å². The Morgan fingerprint density at radius 2 is 2.00 bits per heavy atom. The molecule has 0 saturated heterocycles. The summed E-state index contributed by atoms with van der Waals surface area (Å²) >= 11 is 0. The molecule has 1 heterocycles. The van der Waals surface area contributed by atoms with Gasteiger partial charge in [0.05, 0.1) is 11.0 Å². The third-order valence-corrected chi connectivity index (χ3v) is 3.66. The Hall–Kier alpha value is -2.74. The van der Waals surface area contributed by atoms with Gasteiger partial charge in [0.15, 0.2) is 0 Å². The van der Waals surface area contributed by atoms with Crippen LogP contribution in [0.1, 0.15) is 48.5 Å². The van der Waals surface area contributed by atoms with E-state index < -0.39 is 22.6 Å². The fourth-order valence-electron chi connectivity index (χ4n) is 2.19. The van der Waals surface area contributed by atoms with E-state index in [1.165, 1.54) is 0 Å². The number of hydrogen-bond donors (Lipinski definition) is 3. The first-order valence-corrected chi connectivity index (χ1v) is 7.44. The average Bonchev–Trinajstić information content (AvgIpc) is 3.01. The Bertz CT molecular complexity index is 731. The molecule has 3 N–H and O–H groups in total. The van der Waals surface area contributed by atoms with Crippen LogP contribution in [0.4, 0.5) is 5.69 Å². The zero-order valence-electron chi connectivity index (χ0n) is 13.7. The molecule has 8 heteroatoms. The Kier molecular flexibility index (Phi) is 4.99. The number of carbonyl (C=O) groups is 1. The summed E-state index contributed by atoms with van der Waals surface area (Å²) in [7, 11) is 0. The predicted octanol–water partition coefficient (Wildman–Crippen LogP) is 2.08. The van der Waals surface area contributed by atoms with E-state index in [2.05, 4.69) is 36.3 Å². The maximum atomic E-state index is 12.0. The normalized spacial score (nSPS) is 12.7. The van der Waals surface area contributed by atoms with Crippen molar-refractivity contribution >= 4 is 11.6 Å². The van der Waals surface area contributed by atoms with Gasteiger partial charge in [-0.15, -0.1) is 0 Å². The highest BCUT2D eigenvalue weighted by Crippen LogP contribution is 2.24. The standard InChI is InChI=1S/C16H20N4O4/c1-16(2,3)11-6-4-10(5-7-11)13(21)9-17-15(22)14-12(20(23)24)8-18-19-14/h4-8,13,21H,9H2,1-3H3,(H,17,22)(H,18,19). The van der Waals surface area contributed by atoms with Gasteiger partial charge in [-0.1, -0.05) is 45.0 Å². The number of aliphatic hydroxyl groups is 1. The molecule has 0 saturated carbocycles. The van der Waals surface area contributed by atoms with E-state index in [4.69, 9.17) is 0 Å². The van der Waals surface area contributed by atoms with E-state index in [1.54, 1.807) is 12.1 Å². The van der Waals surface area contributed by atoms with Crippen molar-refractivity contribution in [1.29, 1.82) is 0 Å². The summed E-state index contributed by atoms with van der Waals surface area (Å²) in [5.41, 5.74) is 1.15. The van der Waals surface area contributed by atoms with Crippen molar-refractivity contribution in [1.82, 2.24) is 15.5 Å². The maximum Gasteiger partial charge on any atom is 0.319 e. The first-order valence-electron chi connectivity index (χ1n) is 7.44. The van der Waals surface area contributed by atoms with E-state index in [0.717, 1.165) is 11.8 Å². The van der Waals surface area contributed by atoms with Crippen molar-refractivity contribution in [2.45, 2.75) is 32.3 Å². The number of amides is 1. The van der Waals surface area contributed by atoms with Gasteiger partial charge in [-0.05, 0) is 16.5 Å². The van der Waals surface area contributed by atoms with Crippen LogP contribution in [0.25, 0.3) is 0 Å². The number of nitrogens with one attached hydrogen (secondary N) is 2. The second-order valence-corrected chi connectivity index (χ2v) is 6.49. The number of carbonyl (C=O) groups excluding carboxylic acids is 1. The summed E-state index contributed by atoms with van der Waals surface area (Å²) in [6, 6.07) is 7.46. The highest BCUT2D eigenvalue weighted by Gasteiger charge is 2.23. The number of nitrogens with zero attached hydrogens (tertiary/aromatic N) is 2. The quantitative estimate of drug-likeness (QED) is 0.572. The molecule has 8 nitrogen and oxygen atoms in total. The van der Waals surface area contributed by atoms with Crippen LogP contribution in [0.3, 0.4) is 0 Å². The van der Waals surface area contributed by atoms with Crippen molar-refractivity contribution in [2.75, 3.05) is 6.54 Å². The van der Waals surface area contributed by atoms with Crippen molar-refractivity contribution in [3.05, 3.63) is 57.4 Å². The number of aliphatic hydroxyl groups excluding tert-OH is 1. The Morgan fingerprint density at radius 3 is 2.54 bits per heavy atom. The molecule has 2 aromatic rings. The molecule has 2 rings (SSSR count). The SMILES string of the molecule is CC(C)(C)c1ccc(C(O)CNC(=O)c2[nH]ncc2[N+](=O)[O-])cc1. The number of benzene rings is 1. The summed E-state index contributed by atoms with van der Waals surface area (Å²) in [5.74, 6) is -0.690. The fraction of sp³-hybridized carbons (Fsp3) is 0.375. The van der Waals surface area contributed by atoms with Gasteiger partial charge in [0.25, 0.3) is 5.91 Å². The Morgan fingerprint density at radius 1 is 1.38 bits per heavy atom. The summed E-state index contributed by atoms with van der Waals surface area (Å²) in [6.45, 7) is 6.21. The predicted molar refractivity (Wildman–Crippen MR) is 87.7 cm³/mol. The summed E-state index contributed by atoms with van der Waals surface area (Å²) in [4.78, 5) is 22.0. The largest absolute Gasteiger partial charge is 0.387 e. The molecule has 0 radical (unpaired) electrons. The summed E-state index contributed by atoms with van der Waals surface area (Å²) in [5, 5.41) is 29.2. The van der Waals surface area contributed by atoms with Crippen LogP contribution in [0, 0.1) is 10.1 Å². The van der Waals surface area contributed by atoms with E-state index in [1.807, 2.05) is 12.1 Å². The van der Waals surface area contributed by atoms with Crippen LogP contribution in [0.15, 0.2) is 30.5 Å². The van der Waals surface area contributed by atoms with Crippen molar-refractivity contribution in [3.63, 3.8) is 0 Å². The lowest BCUT2D eigenvalue weighted by Gasteiger charge is -2.20. The van der Waals surface area contributed by atoms with E-state index >= 15 is 0 Å². The van der Waals surface area contributed by atoms with Crippen LogP contribution in [0.2, 0.25) is 0 Å². The van der Waals surface area contributed by atoms with Gasteiger partial charge in [-0.3, -0.25) is 20.0 Å². The third kappa shape index (κ3) is 3.96. The smallest absolute Gasteiger partial charge is 0.319 e. The minimum Gasteiger partial charge on any atom is -0.387 e. The van der Waals surface area contributed by atoms with E-state index in [9.17, 15) is 20.0 Å². The Balaban J connectivity index is 2.00. The molecule has 1 aromatic heterocycles. The second kappa shape index (κ2) is 6.79. The van der Waals surface area contributed by atoms with Crippen LogP contribution in [-0.2, 0) is 5.41 Å². The first kappa shape index (κ1) is 17.6. The monoisotopic (exact) mass is 332 g/mol. The van der Waals surface area contributed by atoms with Gasteiger partial charge in [-0.2, -0.15) is 5.10 Å². The zero-order valence-corrected chi connectivity index (χ0v) is 13.7. The van der Waals surface area contributed by atoms with Gasteiger partial charge in [0, 0.05) is 6.54 Å². The molecule has 0 fully saturated rings. The molecule has 24 heavy (non-hydrogen) atoms. The molecule has 1 unspecified atom stereocenters. The Labute approximate surface area is 139 Å². The lowest BCUT2D eigenvalue weighted by molar-refractivity contribution is -0.385. The number of aromatic amines is 1. The molecule has 1 atom stereocenters. The van der Waals surface area contributed by atoms with Crippen molar-refractivity contribution in [3.8, 4) is 0 Å². The van der Waals surface area contributed by atoms with Gasteiger partial charge in [0.1, 0.15) is 6.20 Å². The van der Waals surface area contributed by atoms with E-state index in [0.29, 0.717) is 5.56 Å². The minimum absolute atomic E-state index is 0.0112. The van der Waals surface area contributed by atoms with Gasteiger partial charge in [0.2, 0.25) is 5.69 Å². The zero-order chi connectivity index (χ0) is 17.9. The molecular weight excluding hydrogens is 312 g/mol. The molecule has 1 aromatic carbocycles. The van der Waals surface area contributed by atoms with E-state index in [-0.39, 0.29) is 17.7 Å². The molecule has 0 spiro atoms. The van der Waals surface area contributed by atoms with Crippen molar-refractivity contribution in [2.24, 2.45) is 0 Å². The van der Waals surface area contributed by atoms with Crippen LogP contribution >= 0.6 is 0 Å². The van der Waals surface area contributed by atoms with Crippen LogP contribution in [0.5, 0.6) is 0 Å². The molecule has 1 amide bonds. The molecule has 128 valence electrons. The topological polar surface area (TPSA) is 121 Å². The molecular formula is C16H20N4O4. The second-order valence-electron chi connectivity index (χ2n) is 6.49. The first-order chi connectivity index (χ1) is 11.2. The maximum absolute atomic E-state index is 12.0. The molecule has 0 bridgehead atoms. The van der Waals surface area contributed by atoms with Crippen LogP contribution < -0.4 is 5.32 Å². The number of nitro groups is 1. The van der Waals surface area contributed by atoms with Gasteiger partial charge >= 0.3 is 5.69 Å². The molecule has 0 aliphatic carbocycles. The fourth-order valence-corrected chi connectivity index (χ4v) is 2.19. The lowest BCUT2D eigenvalue weighted by atomic mass is 9.86. The average molecular weight is 332 g/mol. The molecule has 0 aliphatic heterocycles. The number of hydrogen-bond acceptors (Lipinski definition) is 5. The highest BCUT2D eigenvalue weighted by molar-refractivity contribution is 5.95. The van der Waals surface area contributed by atoms with Gasteiger partial charge < -0.3 is 10.4 Å². The minimum atomic E-state index is -0.912. The summed E-state index contributed by atoms with van der Waals surface area (Å²) in [6.07, 6.45) is 0.0567. The summed E-state index contributed by atoms with van der Waals surface area (Å²) < 4.78 is 0. The number of aromatic nitrogens is 2. The van der Waals surface area contributed by atoms with Crippen LogP contribution in [-0.4, -0.2) is 32.7 Å². The number of H-pyrrole nitrogens is 1. The molecule has 0 aliphatic rings. The highest BCUT2D eigenvalue weighted by atomic mass is 16.6. The lowest BCUT2D eigenvalue weighted by Crippen LogP contribution is -2.29.